The van der Waals surface area contributed by atoms with Gasteiger partial charge in [0.1, 0.15) is 23.2 Å². The van der Waals surface area contributed by atoms with Crippen molar-refractivity contribution in [2.75, 3.05) is 0 Å². The normalized spacial score (nSPS) is 15.1. The van der Waals surface area contributed by atoms with Crippen LogP contribution < -0.4 is 5.32 Å². The van der Waals surface area contributed by atoms with Crippen molar-refractivity contribution in [2.24, 2.45) is 0 Å². The van der Waals surface area contributed by atoms with E-state index in [4.69, 9.17) is 16.0 Å². The molecule has 0 atom stereocenters. The Balaban J connectivity index is 1.80. The minimum atomic E-state index is -0.521. The number of nitrogens with zero attached hydrogens (tertiary/aromatic N) is 2. The van der Waals surface area contributed by atoms with Gasteiger partial charge in [0.2, 0.25) is 0 Å². The summed E-state index contributed by atoms with van der Waals surface area (Å²) >= 11 is 6.12. The van der Waals surface area contributed by atoms with E-state index in [9.17, 15) is 20.2 Å². The summed E-state index contributed by atoms with van der Waals surface area (Å²) in [5.74, 6) is 0.165. The molecule has 3 rings (SSSR count). The van der Waals surface area contributed by atoms with Gasteiger partial charge in [-0.3, -0.25) is 14.9 Å². The van der Waals surface area contributed by atoms with Crippen molar-refractivity contribution in [3.8, 4) is 17.4 Å². The Morgan fingerprint density at radius 3 is 2.71 bits per heavy atom. The second-order valence-corrected chi connectivity index (χ2v) is 7.01. The highest BCUT2D eigenvalue weighted by Gasteiger charge is 2.19. The monoisotopic (exact) mass is 399 g/mol. The zero-order valence-electron chi connectivity index (χ0n) is 15.0. The Hall–Kier alpha value is -3.11. The Kier molecular flexibility index (Phi) is 6.12. The van der Waals surface area contributed by atoms with Crippen molar-refractivity contribution in [2.45, 2.75) is 38.1 Å². The molecular weight excluding hydrogens is 382 g/mol. The molecule has 7 nitrogen and oxygen atoms in total. The molecule has 1 aromatic heterocycles. The fourth-order valence-corrected chi connectivity index (χ4v) is 3.40. The molecule has 1 aromatic carbocycles. The SMILES string of the molecule is N#C/C(=C\c1ccc(-c2cc([N+](=O)[O-])ccc2Cl)o1)C(=O)NC1CCCCC1. The third-order valence-corrected chi connectivity index (χ3v) is 4.97. The van der Waals surface area contributed by atoms with Crippen LogP contribution in [0.1, 0.15) is 37.9 Å². The molecule has 2 aromatic rings. The van der Waals surface area contributed by atoms with Gasteiger partial charge in [0.15, 0.2) is 0 Å². The summed E-state index contributed by atoms with van der Waals surface area (Å²) < 4.78 is 5.64. The first-order chi connectivity index (χ1) is 13.5. The molecule has 28 heavy (non-hydrogen) atoms. The van der Waals surface area contributed by atoms with Gasteiger partial charge >= 0.3 is 0 Å². The molecule has 0 radical (unpaired) electrons. The fraction of sp³-hybridized carbons (Fsp3) is 0.300. The molecule has 0 unspecified atom stereocenters. The Labute approximate surface area is 166 Å². The van der Waals surface area contributed by atoms with E-state index >= 15 is 0 Å². The third-order valence-electron chi connectivity index (χ3n) is 4.65. The van der Waals surface area contributed by atoms with Gasteiger partial charge in [-0.25, -0.2) is 0 Å². The molecule has 1 fully saturated rings. The van der Waals surface area contributed by atoms with Crippen molar-refractivity contribution in [1.82, 2.24) is 5.32 Å². The quantitative estimate of drug-likeness (QED) is 0.334. The number of furan rings is 1. The van der Waals surface area contributed by atoms with Crippen molar-refractivity contribution in [1.29, 1.82) is 5.26 Å². The lowest BCUT2D eigenvalue weighted by Gasteiger charge is -2.22. The first-order valence-electron chi connectivity index (χ1n) is 8.94. The highest BCUT2D eigenvalue weighted by Crippen LogP contribution is 2.33. The molecule has 1 N–H and O–H groups in total. The fourth-order valence-electron chi connectivity index (χ4n) is 3.19. The number of carbonyl (C=O) groups excluding carboxylic acids is 1. The number of nitro benzene ring substituents is 1. The van der Waals surface area contributed by atoms with Crippen LogP contribution in [0.5, 0.6) is 0 Å². The van der Waals surface area contributed by atoms with E-state index in [0.29, 0.717) is 16.3 Å². The molecule has 0 bridgehead atoms. The second-order valence-electron chi connectivity index (χ2n) is 6.60. The van der Waals surface area contributed by atoms with Crippen molar-refractivity contribution >= 4 is 29.3 Å². The van der Waals surface area contributed by atoms with Gasteiger partial charge in [0.05, 0.1) is 9.95 Å². The average Bonchev–Trinajstić information content (AvgIpc) is 3.15. The molecule has 0 aliphatic heterocycles. The number of halogens is 1. The Morgan fingerprint density at radius 2 is 2.04 bits per heavy atom. The summed E-state index contributed by atoms with van der Waals surface area (Å²) in [5, 5.41) is 23.5. The van der Waals surface area contributed by atoms with Crippen LogP contribution in [0, 0.1) is 21.4 Å². The molecule has 0 saturated heterocycles. The van der Waals surface area contributed by atoms with E-state index in [-0.39, 0.29) is 23.1 Å². The van der Waals surface area contributed by atoms with Gasteiger partial charge in [-0.05, 0) is 31.0 Å². The predicted octanol–water partition coefficient (Wildman–Crippen LogP) is 4.86. The maximum Gasteiger partial charge on any atom is 0.270 e. The molecule has 8 heteroatoms. The number of benzene rings is 1. The number of amides is 1. The first kappa shape index (κ1) is 19.6. The molecule has 1 amide bonds. The standard InChI is InChI=1S/C20H18ClN3O4/c21-18-8-6-15(24(26)27)11-17(18)19-9-7-16(28-19)10-13(12-22)20(25)23-14-4-2-1-3-5-14/h6-11,14H,1-5H2,(H,23,25)/b13-10+. The Bertz CT molecular complexity index is 968. The van der Waals surface area contributed by atoms with Crippen LogP contribution in [0.15, 0.2) is 40.3 Å². The van der Waals surface area contributed by atoms with Gasteiger partial charge < -0.3 is 9.73 Å². The highest BCUT2D eigenvalue weighted by molar-refractivity contribution is 6.33. The maximum atomic E-state index is 12.4. The van der Waals surface area contributed by atoms with Crippen LogP contribution in [0.2, 0.25) is 5.02 Å². The minimum absolute atomic E-state index is 0.0587. The van der Waals surface area contributed by atoms with Crippen molar-refractivity contribution in [3.05, 3.63) is 56.8 Å². The summed E-state index contributed by atoms with van der Waals surface area (Å²) in [5.41, 5.74) is 0.190. The van der Waals surface area contributed by atoms with Gasteiger partial charge in [0, 0.05) is 29.8 Å². The number of hydrogen-bond acceptors (Lipinski definition) is 5. The predicted molar refractivity (Wildman–Crippen MR) is 104 cm³/mol. The number of rotatable bonds is 5. The van der Waals surface area contributed by atoms with E-state index in [0.717, 1.165) is 25.7 Å². The molecular formula is C20H18ClN3O4. The molecule has 1 aliphatic carbocycles. The van der Waals surface area contributed by atoms with E-state index in [1.54, 1.807) is 12.1 Å². The van der Waals surface area contributed by atoms with Crippen LogP contribution in [0.25, 0.3) is 17.4 Å². The molecule has 144 valence electrons. The summed E-state index contributed by atoms with van der Waals surface area (Å²) in [6.45, 7) is 0. The number of non-ortho nitro benzene ring substituents is 1. The smallest absolute Gasteiger partial charge is 0.270 e. The summed E-state index contributed by atoms with van der Waals surface area (Å²) in [4.78, 5) is 22.8. The van der Waals surface area contributed by atoms with E-state index in [1.807, 2.05) is 6.07 Å². The number of carbonyl (C=O) groups is 1. The minimum Gasteiger partial charge on any atom is -0.457 e. The zero-order valence-corrected chi connectivity index (χ0v) is 15.7. The highest BCUT2D eigenvalue weighted by atomic mass is 35.5. The number of nitriles is 1. The van der Waals surface area contributed by atoms with Gasteiger partial charge in [-0.2, -0.15) is 5.26 Å². The largest absolute Gasteiger partial charge is 0.457 e. The van der Waals surface area contributed by atoms with E-state index < -0.39 is 10.8 Å². The number of nitrogens with one attached hydrogen (secondary N) is 1. The summed E-state index contributed by atoms with van der Waals surface area (Å²) in [7, 11) is 0. The van der Waals surface area contributed by atoms with E-state index in [1.165, 1.54) is 30.7 Å². The van der Waals surface area contributed by atoms with Crippen LogP contribution in [-0.4, -0.2) is 16.9 Å². The van der Waals surface area contributed by atoms with Gasteiger partial charge in [-0.1, -0.05) is 30.9 Å². The molecule has 1 heterocycles. The number of hydrogen-bond donors (Lipinski definition) is 1. The molecule has 1 aliphatic rings. The maximum absolute atomic E-state index is 12.4. The van der Waals surface area contributed by atoms with E-state index in [2.05, 4.69) is 5.32 Å². The van der Waals surface area contributed by atoms with Crippen molar-refractivity contribution < 1.29 is 14.1 Å². The average molecular weight is 400 g/mol. The van der Waals surface area contributed by atoms with Gasteiger partial charge in [0.25, 0.3) is 11.6 Å². The van der Waals surface area contributed by atoms with Crippen molar-refractivity contribution in [3.63, 3.8) is 0 Å². The lowest BCUT2D eigenvalue weighted by Crippen LogP contribution is -2.36. The third kappa shape index (κ3) is 4.59. The Morgan fingerprint density at radius 1 is 1.29 bits per heavy atom. The van der Waals surface area contributed by atoms with Crippen LogP contribution in [0.3, 0.4) is 0 Å². The van der Waals surface area contributed by atoms with Crippen LogP contribution in [-0.2, 0) is 4.79 Å². The first-order valence-corrected chi connectivity index (χ1v) is 9.32. The molecule has 0 spiro atoms. The lowest BCUT2D eigenvalue weighted by molar-refractivity contribution is -0.384. The van der Waals surface area contributed by atoms with Crippen LogP contribution >= 0.6 is 11.6 Å². The summed E-state index contributed by atoms with van der Waals surface area (Å²) in [6, 6.07) is 9.20. The zero-order chi connectivity index (χ0) is 20.1. The second kappa shape index (κ2) is 8.72. The van der Waals surface area contributed by atoms with Crippen LogP contribution in [0.4, 0.5) is 5.69 Å². The topological polar surface area (TPSA) is 109 Å². The molecule has 1 saturated carbocycles. The summed E-state index contributed by atoms with van der Waals surface area (Å²) in [6.07, 6.45) is 6.50. The lowest BCUT2D eigenvalue weighted by atomic mass is 9.95. The van der Waals surface area contributed by atoms with Gasteiger partial charge in [-0.15, -0.1) is 0 Å². The number of nitro groups is 1.